The summed E-state index contributed by atoms with van der Waals surface area (Å²) in [5.41, 5.74) is 1.57. The van der Waals surface area contributed by atoms with Crippen molar-refractivity contribution in [3.05, 3.63) is 59.1 Å². The predicted octanol–water partition coefficient (Wildman–Crippen LogP) is 4.27. The quantitative estimate of drug-likeness (QED) is 0.789. The maximum absolute atomic E-state index is 6.32. The van der Waals surface area contributed by atoms with Gasteiger partial charge in [-0.15, -0.1) is 0 Å². The van der Waals surface area contributed by atoms with Gasteiger partial charge in [0.15, 0.2) is 10.8 Å². The maximum Gasteiger partial charge on any atom is 0.188 e. The second-order valence-electron chi connectivity index (χ2n) is 5.84. The summed E-state index contributed by atoms with van der Waals surface area (Å²) in [4.78, 5) is 2.01. The molecule has 2 atom stereocenters. The molecule has 1 fully saturated rings. The third kappa shape index (κ3) is 2.06. The Labute approximate surface area is 139 Å². The van der Waals surface area contributed by atoms with Crippen LogP contribution in [0, 0.1) is 0 Å². The van der Waals surface area contributed by atoms with Gasteiger partial charge in [-0.3, -0.25) is 4.90 Å². The largest absolute Gasteiger partial charge is 0.467 e. The summed E-state index contributed by atoms with van der Waals surface area (Å²) < 4.78 is 6.32. The van der Waals surface area contributed by atoms with E-state index in [4.69, 9.17) is 28.6 Å². The second-order valence-corrected chi connectivity index (χ2v) is 6.66. The van der Waals surface area contributed by atoms with Crippen molar-refractivity contribution in [3.63, 3.8) is 0 Å². The molecule has 112 valence electrons. The van der Waals surface area contributed by atoms with E-state index in [2.05, 4.69) is 18.3 Å². The molecule has 2 bridgehead atoms. The first-order chi connectivity index (χ1) is 10.6. The number of rotatable bonds is 1. The third-order valence-corrected chi connectivity index (χ3v) is 4.78. The highest BCUT2D eigenvalue weighted by molar-refractivity contribution is 7.80. The summed E-state index contributed by atoms with van der Waals surface area (Å²) in [6.45, 7) is 2.07. The lowest BCUT2D eigenvalue weighted by Gasteiger charge is -2.52. The van der Waals surface area contributed by atoms with Gasteiger partial charge < -0.3 is 10.1 Å². The average Bonchev–Trinajstić information content (AvgIpc) is 2.46. The molecule has 2 heterocycles. The molecular formula is C17H15ClN2OS. The van der Waals surface area contributed by atoms with Gasteiger partial charge in [-0.25, -0.2) is 0 Å². The molecule has 3 nitrogen and oxygen atoms in total. The smallest absolute Gasteiger partial charge is 0.188 e. The molecule has 0 saturated carbocycles. The van der Waals surface area contributed by atoms with E-state index >= 15 is 0 Å². The van der Waals surface area contributed by atoms with Gasteiger partial charge in [0.05, 0.1) is 6.04 Å². The average molecular weight is 331 g/mol. The zero-order chi connectivity index (χ0) is 15.3. The highest BCUT2D eigenvalue weighted by Gasteiger charge is 2.48. The fourth-order valence-corrected chi connectivity index (χ4v) is 3.95. The summed E-state index contributed by atoms with van der Waals surface area (Å²) in [6.07, 6.45) is 0.816. The first kappa shape index (κ1) is 13.9. The Hall–Kier alpha value is -1.78. The molecule has 2 aromatic carbocycles. The fraction of sp³-hybridized carbons (Fsp3) is 0.235. The SMILES string of the molecule is CC12CC(NC(=S)N1c1cccc(Cl)c1)c1ccccc1O2. The fourth-order valence-electron chi connectivity index (χ4n) is 3.33. The van der Waals surface area contributed by atoms with Crippen LogP contribution < -0.4 is 15.0 Å². The van der Waals surface area contributed by atoms with Crippen molar-refractivity contribution < 1.29 is 4.74 Å². The monoisotopic (exact) mass is 330 g/mol. The predicted molar refractivity (Wildman–Crippen MR) is 92.5 cm³/mol. The Bertz CT molecular complexity index is 766. The van der Waals surface area contributed by atoms with Crippen molar-refractivity contribution in [1.82, 2.24) is 5.32 Å². The van der Waals surface area contributed by atoms with Crippen LogP contribution in [0.5, 0.6) is 5.75 Å². The van der Waals surface area contributed by atoms with Gasteiger partial charge >= 0.3 is 0 Å². The minimum Gasteiger partial charge on any atom is -0.467 e. The van der Waals surface area contributed by atoms with Gasteiger partial charge in [-0.1, -0.05) is 35.9 Å². The van der Waals surface area contributed by atoms with Crippen molar-refractivity contribution >= 4 is 34.6 Å². The molecule has 0 aromatic heterocycles. The van der Waals surface area contributed by atoms with Gasteiger partial charge in [-0.2, -0.15) is 0 Å². The first-order valence-corrected chi connectivity index (χ1v) is 8.00. The Morgan fingerprint density at radius 2 is 2.09 bits per heavy atom. The molecule has 0 radical (unpaired) electrons. The number of hydrogen-bond donors (Lipinski definition) is 1. The van der Waals surface area contributed by atoms with E-state index in [1.165, 1.54) is 0 Å². The minimum absolute atomic E-state index is 0.179. The number of fused-ring (bicyclic) bond motifs is 4. The molecule has 1 saturated heterocycles. The normalized spacial score (nSPS) is 26.0. The van der Waals surface area contributed by atoms with Crippen molar-refractivity contribution in [2.45, 2.75) is 25.1 Å². The molecule has 5 heteroatoms. The summed E-state index contributed by atoms with van der Waals surface area (Å²) >= 11 is 11.7. The summed E-state index contributed by atoms with van der Waals surface area (Å²) in [6, 6.07) is 16.0. The number of nitrogens with one attached hydrogen (secondary N) is 1. The van der Waals surface area contributed by atoms with Gasteiger partial charge in [0.1, 0.15) is 5.75 Å². The lowest BCUT2D eigenvalue weighted by Crippen LogP contribution is -2.65. The number of nitrogens with zero attached hydrogens (tertiary/aromatic N) is 1. The van der Waals surface area contributed by atoms with Crippen LogP contribution in [-0.4, -0.2) is 10.8 Å². The Balaban J connectivity index is 1.82. The van der Waals surface area contributed by atoms with Gasteiger partial charge in [0.25, 0.3) is 0 Å². The number of anilines is 1. The van der Waals surface area contributed by atoms with E-state index < -0.39 is 5.72 Å². The van der Waals surface area contributed by atoms with Crippen molar-refractivity contribution in [2.24, 2.45) is 0 Å². The molecule has 0 aliphatic carbocycles. The molecule has 2 aliphatic rings. The van der Waals surface area contributed by atoms with E-state index in [0.29, 0.717) is 10.1 Å². The van der Waals surface area contributed by atoms with E-state index in [0.717, 1.165) is 23.4 Å². The molecule has 1 N–H and O–H groups in total. The van der Waals surface area contributed by atoms with Crippen molar-refractivity contribution in [2.75, 3.05) is 4.90 Å². The second kappa shape index (κ2) is 4.86. The molecule has 2 unspecified atom stereocenters. The number of benzene rings is 2. The third-order valence-electron chi connectivity index (χ3n) is 4.25. The molecule has 0 spiro atoms. The van der Waals surface area contributed by atoms with Crippen molar-refractivity contribution in [1.29, 1.82) is 0 Å². The summed E-state index contributed by atoms with van der Waals surface area (Å²) in [5, 5.41) is 4.78. The van der Waals surface area contributed by atoms with Crippen LogP contribution in [0.1, 0.15) is 24.9 Å². The molecular weight excluding hydrogens is 316 g/mol. The Kier molecular flexibility index (Phi) is 3.06. The number of ether oxygens (including phenoxy) is 1. The highest BCUT2D eigenvalue weighted by Crippen LogP contribution is 2.45. The zero-order valence-electron chi connectivity index (χ0n) is 12.0. The van der Waals surface area contributed by atoms with Gasteiger partial charge in [0.2, 0.25) is 0 Å². The van der Waals surface area contributed by atoms with Crippen LogP contribution in [0.15, 0.2) is 48.5 Å². The van der Waals surface area contributed by atoms with E-state index in [1.807, 2.05) is 47.4 Å². The molecule has 2 aromatic rings. The van der Waals surface area contributed by atoms with Gasteiger partial charge in [0, 0.05) is 22.7 Å². The Morgan fingerprint density at radius 1 is 1.27 bits per heavy atom. The Morgan fingerprint density at radius 3 is 2.91 bits per heavy atom. The maximum atomic E-state index is 6.32. The van der Waals surface area contributed by atoms with E-state index in [9.17, 15) is 0 Å². The minimum atomic E-state index is -0.522. The molecule has 0 amide bonds. The summed E-state index contributed by atoms with van der Waals surface area (Å²) in [7, 11) is 0. The van der Waals surface area contributed by atoms with E-state index in [1.54, 1.807) is 0 Å². The standard InChI is InChI=1S/C17H15ClN2OS/c1-17-10-14(13-7-2-3-8-15(13)21-17)19-16(22)20(17)12-6-4-5-11(18)9-12/h2-9,14H,10H2,1H3,(H,19,22). The number of hydrogen-bond acceptors (Lipinski definition) is 2. The molecule has 22 heavy (non-hydrogen) atoms. The van der Waals surface area contributed by atoms with Crippen LogP contribution in [-0.2, 0) is 0 Å². The van der Waals surface area contributed by atoms with Crippen LogP contribution in [0.4, 0.5) is 5.69 Å². The molecule has 2 aliphatic heterocycles. The lowest BCUT2D eigenvalue weighted by atomic mass is 9.90. The topological polar surface area (TPSA) is 24.5 Å². The highest BCUT2D eigenvalue weighted by atomic mass is 35.5. The number of para-hydroxylation sites is 1. The van der Waals surface area contributed by atoms with Crippen LogP contribution in [0.3, 0.4) is 0 Å². The lowest BCUT2D eigenvalue weighted by molar-refractivity contribution is 0.0498. The zero-order valence-corrected chi connectivity index (χ0v) is 13.6. The molecule has 4 rings (SSSR count). The van der Waals surface area contributed by atoms with Gasteiger partial charge in [-0.05, 0) is 43.4 Å². The number of thiocarbonyl (C=S) groups is 1. The van der Waals surface area contributed by atoms with Crippen LogP contribution >= 0.6 is 23.8 Å². The van der Waals surface area contributed by atoms with Crippen molar-refractivity contribution in [3.8, 4) is 5.75 Å². The van der Waals surface area contributed by atoms with Crippen LogP contribution in [0.2, 0.25) is 5.02 Å². The van der Waals surface area contributed by atoms with Crippen LogP contribution in [0.25, 0.3) is 0 Å². The number of halogens is 1. The summed E-state index contributed by atoms with van der Waals surface area (Å²) in [5.74, 6) is 0.906. The van der Waals surface area contributed by atoms with E-state index in [-0.39, 0.29) is 6.04 Å². The first-order valence-electron chi connectivity index (χ1n) is 7.21.